The lowest BCUT2D eigenvalue weighted by atomic mass is 10.2. The van der Waals surface area contributed by atoms with Gasteiger partial charge in [0.1, 0.15) is 18.2 Å². The van der Waals surface area contributed by atoms with Gasteiger partial charge in [-0.2, -0.15) is 0 Å². The summed E-state index contributed by atoms with van der Waals surface area (Å²) in [6, 6.07) is 12.2. The summed E-state index contributed by atoms with van der Waals surface area (Å²) in [5.41, 5.74) is 1.48. The maximum absolute atomic E-state index is 13.7. The van der Waals surface area contributed by atoms with Gasteiger partial charge in [0, 0.05) is 16.3 Å². The van der Waals surface area contributed by atoms with Gasteiger partial charge in [-0.3, -0.25) is 4.79 Å². The molecule has 0 fully saturated rings. The van der Waals surface area contributed by atoms with E-state index in [0.29, 0.717) is 22.9 Å². The number of hydrogen-bond acceptors (Lipinski definition) is 3. The van der Waals surface area contributed by atoms with Crippen molar-refractivity contribution in [3.63, 3.8) is 0 Å². The second-order valence-electron chi connectivity index (χ2n) is 5.74. The summed E-state index contributed by atoms with van der Waals surface area (Å²) in [5, 5.41) is 3.26. The van der Waals surface area contributed by atoms with Crippen LogP contribution in [0.1, 0.15) is 18.1 Å². The van der Waals surface area contributed by atoms with Gasteiger partial charge in [-0.1, -0.05) is 35.9 Å². The highest BCUT2D eigenvalue weighted by molar-refractivity contribution is 7.99. The lowest BCUT2D eigenvalue weighted by Gasteiger charge is -2.16. The van der Waals surface area contributed by atoms with Crippen LogP contribution >= 0.6 is 23.4 Å². The molecule has 0 aliphatic rings. The van der Waals surface area contributed by atoms with E-state index in [4.69, 9.17) is 16.3 Å². The first-order valence-electron chi connectivity index (χ1n) is 7.95. The molecule has 1 atom stereocenters. The molecule has 0 heterocycles. The molecular formula is C19H21ClFNO2S. The van der Waals surface area contributed by atoms with E-state index >= 15 is 0 Å². The molecule has 2 rings (SSSR count). The smallest absolute Gasteiger partial charge is 0.230 e. The number of halogens is 2. The molecule has 6 heteroatoms. The molecule has 0 spiro atoms. The highest BCUT2D eigenvalue weighted by Crippen LogP contribution is 2.23. The zero-order chi connectivity index (χ0) is 18.2. The van der Waals surface area contributed by atoms with Crippen LogP contribution in [-0.2, 0) is 10.5 Å². The van der Waals surface area contributed by atoms with Crippen LogP contribution in [0.3, 0.4) is 0 Å². The maximum Gasteiger partial charge on any atom is 0.230 e. The van der Waals surface area contributed by atoms with Gasteiger partial charge in [0.2, 0.25) is 5.91 Å². The summed E-state index contributed by atoms with van der Waals surface area (Å²) in [4.78, 5) is 12.0. The van der Waals surface area contributed by atoms with E-state index in [1.54, 1.807) is 12.1 Å². The summed E-state index contributed by atoms with van der Waals surface area (Å²) in [6.07, 6.45) is 0. The fourth-order valence-electron chi connectivity index (χ4n) is 2.21. The second kappa shape index (κ2) is 9.68. The van der Waals surface area contributed by atoms with Crippen LogP contribution in [0.4, 0.5) is 4.39 Å². The van der Waals surface area contributed by atoms with Crippen LogP contribution in [0.25, 0.3) is 0 Å². The molecule has 1 N–H and O–H groups in total. The number of ether oxygens (including phenoxy) is 1. The van der Waals surface area contributed by atoms with Crippen LogP contribution in [0.15, 0.2) is 42.5 Å². The lowest BCUT2D eigenvalue weighted by Crippen LogP contribution is -2.37. The first-order valence-corrected chi connectivity index (χ1v) is 9.49. The molecule has 0 radical (unpaired) electrons. The Morgan fingerprint density at radius 3 is 2.76 bits per heavy atom. The molecule has 0 aliphatic carbocycles. The monoisotopic (exact) mass is 381 g/mol. The Morgan fingerprint density at radius 2 is 2.04 bits per heavy atom. The minimum atomic E-state index is -0.347. The molecule has 0 saturated heterocycles. The Hall–Kier alpha value is -1.72. The van der Waals surface area contributed by atoms with E-state index in [2.05, 4.69) is 5.32 Å². The molecule has 0 bridgehead atoms. The standard InChI is InChI=1S/C19H21ClFNO2S/c1-13-6-3-4-9-18(13)24-10-14(2)22-19(23)12-25-11-15-16(20)7-5-8-17(15)21/h3-9,14H,10-12H2,1-2H3,(H,22,23). The van der Waals surface area contributed by atoms with Crippen LogP contribution in [0, 0.1) is 12.7 Å². The number of thioether (sulfide) groups is 1. The van der Waals surface area contributed by atoms with Crippen molar-refractivity contribution in [2.45, 2.75) is 25.6 Å². The highest BCUT2D eigenvalue weighted by Gasteiger charge is 2.11. The number of rotatable bonds is 8. The number of carbonyl (C=O) groups is 1. The van der Waals surface area contributed by atoms with Crippen molar-refractivity contribution in [2.24, 2.45) is 0 Å². The predicted octanol–water partition coefficient (Wildman–Crippen LogP) is 4.60. The van der Waals surface area contributed by atoms with Crippen LogP contribution in [0.5, 0.6) is 5.75 Å². The Labute approximate surface area is 156 Å². The van der Waals surface area contributed by atoms with Gasteiger partial charge in [-0.15, -0.1) is 11.8 Å². The Kier molecular flexibility index (Phi) is 7.59. The maximum atomic E-state index is 13.7. The van der Waals surface area contributed by atoms with Crippen molar-refractivity contribution in [1.29, 1.82) is 0 Å². The molecule has 134 valence electrons. The average molecular weight is 382 g/mol. The third kappa shape index (κ3) is 6.25. The Bertz CT molecular complexity index is 706. The summed E-state index contributed by atoms with van der Waals surface area (Å²) in [6.45, 7) is 4.25. The molecule has 3 nitrogen and oxygen atoms in total. The number of nitrogens with one attached hydrogen (secondary N) is 1. The minimum Gasteiger partial charge on any atom is -0.491 e. The van der Waals surface area contributed by atoms with Crippen molar-refractivity contribution < 1.29 is 13.9 Å². The third-order valence-corrected chi connectivity index (χ3v) is 4.84. The summed E-state index contributed by atoms with van der Waals surface area (Å²) >= 11 is 7.30. The minimum absolute atomic E-state index is 0.113. The van der Waals surface area contributed by atoms with Crippen LogP contribution < -0.4 is 10.1 Å². The number of carbonyl (C=O) groups excluding carboxylic acids is 1. The molecule has 0 aliphatic heterocycles. The molecule has 25 heavy (non-hydrogen) atoms. The normalized spacial score (nSPS) is 11.8. The fourth-order valence-corrected chi connectivity index (χ4v) is 3.38. The van der Waals surface area contributed by atoms with E-state index in [9.17, 15) is 9.18 Å². The van der Waals surface area contributed by atoms with E-state index in [-0.39, 0.29) is 23.5 Å². The van der Waals surface area contributed by atoms with Crippen LogP contribution in [0.2, 0.25) is 5.02 Å². The van der Waals surface area contributed by atoms with E-state index in [0.717, 1.165) is 11.3 Å². The summed E-state index contributed by atoms with van der Waals surface area (Å²) in [7, 11) is 0. The van der Waals surface area contributed by atoms with Gasteiger partial charge >= 0.3 is 0 Å². The Balaban J connectivity index is 1.72. The molecular weight excluding hydrogens is 361 g/mol. The molecule has 1 unspecified atom stereocenters. The first kappa shape index (κ1) is 19.6. The number of aryl methyl sites for hydroxylation is 1. The van der Waals surface area contributed by atoms with Crippen molar-refractivity contribution in [2.75, 3.05) is 12.4 Å². The summed E-state index contributed by atoms with van der Waals surface area (Å²) in [5.74, 6) is 0.942. The number of para-hydroxylation sites is 1. The van der Waals surface area contributed by atoms with Gasteiger partial charge in [0.05, 0.1) is 11.8 Å². The van der Waals surface area contributed by atoms with Crippen molar-refractivity contribution in [3.8, 4) is 5.75 Å². The van der Waals surface area contributed by atoms with Crippen molar-refractivity contribution in [1.82, 2.24) is 5.32 Å². The van der Waals surface area contributed by atoms with E-state index < -0.39 is 0 Å². The number of amides is 1. The third-order valence-electron chi connectivity index (χ3n) is 3.53. The summed E-state index contributed by atoms with van der Waals surface area (Å²) < 4.78 is 19.4. The Morgan fingerprint density at radius 1 is 1.28 bits per heavy atom. The molecule has 0 aromatic heterocycles. The SMILES string of the molecule is Cc1ccccc1OCC(C)NC(=O)CSCc1c(F)cccc1Cl. The van der Waals surface area contributed by atoms with E-state index in [1.165, 1.54) is 17.8 Å². The molecule has 0 saturated carbocycles. The number of benzene rings is 2. The molecule has 2 aromatic rings. The quantitative estimate of drug-likeness (QED) is 0.726. The first-order chi connectivity index (χ1) is 12.0. The topological polar surface area (TPSA) is 38.3 Å². The largest absolute Gasteiger partial charge is 0.491 e. The van der Waals surface area contributed by atoms with Gasteiger partial charge in [0.15, 0.2) is 0 Å². The van der Waals surface area contributed by atoms with Gasteiger partial charge in [-0.05, 0) is 37.6 Å². The zero-order valence-corrected chi connectivity index (χ0v) is 15.8. The average Bonchev–Trinajstić information content (AvgIpc) is 2.57. The van der Waals surface area contributed by atoms with Crippen molar-refractivity contribution >= 4 is 29.3 Å². The van der Waals surface area contributed by atoms with Gasteiger partial charge in [0.25, 0.3) is 0 Å². The van der Waals surface area contributed by atoms with Crippen molar-refractivity contribution in [3.05, 3.63) is 64.4 Å². The van der Waals surface area contributed by atoms with Gasteiger partial charge in [-0.25, -0.2) is 4.39 Å². The zero-order valence-electron chi connectivity index (χ0n) is 14.2. The van der Waals surface area contributed by atoms with E-state index in [1.807, 2.05) is 38.1 Å². The number of hydrogen-bond donors (Lipinski definition) is 1. The predicted molar refractivity (Wildman–Crippen MR) is 102 cm³/mol. The van der Waals surface area contributed by atoms with Crippen LogP contribution in [-0.4, -0.2) is 24.3 Å². The molecule has 1 amide bonds. The second-order valence-corrected chi connectivity index (χ2v) is 7.13. The molecule has 2 aromatic carbocycles. The lowest BCUT2D eigenvalue weighted by molar-refractivity contribution is -0.119. The highest BCUT2D eigenvalue weighted by atomic mass is 35.5. The van der Waals surface area contributed by atoms with Gasteiger partial charge < -0.3 is 10.1 Å². The fraction of sp³-hybridized carbons (Fsp3) is 0.316.